The largest absolute Gasteiger partial charge is 0.460 e. The first kappa shape index (κ1) is 39.3. The van der Waals surface area contributed by atoms with Gasteiger partial charge in [0, 0.05) is 49.3 Å². The molecular weight excluding hydrogens is 706 g/mol. The van der Waals surface area contributed by atoms with Crippen molar-refractivity contribution in [3.05, 3.63) is 76.8 Å². The van der Waals surface area contributed by atoms with E-state index in [2.05, 4.69) is 25.9 Å². The zero-order valence-electron chi connectivity index (χ0n) is 30.0. The molecule has 3 aromatic rings. The molecule has 0 aliphatic carbocycles. The number of allylic oxidation sites excluding steroid dienone is 2. The Bertz CT molecular complexity index is 1800. The van der Waals surface area contributed by atoms with E-state index in [1.165, 1.54) is 17.1 Å². The molecule has 0 spiro atoms. The number of amides is 3. The molecule has 53 heavy (non-hydrogen) atoms. The van der Waals surface area contributed by atoms with Crippen molar-refractivity contribution in [3.8, 4) is 11.3 Å². The molecule has 5 unspecified atom stereocenters. The second-order valence-corrected chi connectivity index (χ2v) is 14.3. The van der Waals surface area contributed by atoms with E-state index in [1.54, 1.807) is 47.4 Å². The standard InChI is InChI=1S/C37H46FN7O7S/c1-23(2)35-25(17-33(48)40-12-14-44-20-29(42-43-44)26-10-15-53-22-26)8-9-32(47)39-11-4-6-24(3)16-28(46)18-27(38)19-34-41-30(21-51-34)36(49)45-13-5-7-31(45)37(50)52-35/h4,6,8-10,15-16,20-23,25,27-28,31,35,46H,5,7,11-14,17-19H2,1-3H3,(H,39,47)(H,40,48)/b6-4+,9-8+,24-16+. The van der Waals surface area contributed by atoms with E-state index < -0.39 is 48.1 Å². The Morgan fingerprint density at radius 2 is 2.06 bits per heavy atom. The van der Waals surface area contributed by atoms with Gasteiger partial charge in [0.05, 0.1) is 25.3 Å². The molecule has 14 nitrogen and oxygen atoms in total. The third-order valence-corrected chi connectivity index (χ3v) is 9.63. The second-order valence-electron chi connectivity index (χ2n) is 13.5. The normalized spacial score (nSPS) is 25.9. The number of nitrogens with one attached hydrogen (secondary N) is 2. The van der Waals surface area contributed by atoms with E-state index in [9.17, 15) is 28.7 Å². The summed E-state index contributed by atoms with van der Waals surface area (Å²) in [4.78, 5) is 58.9. The smallest absolute Gasteiger partial charge is 0.329 e. The quantitative estimate of drug-likeness (QED) is 0.301. The van der Waals surface area contributed by atoms with Gasteiger partial charge in [-0.05, 0) is 43.2 Å². The van der Waals surface area contributed by atoms with E-state index >= 15 is 0 Å². The van der Waals surface area contributed by atoms with E-state index in [-0.39, 0.29) is 62.3 Å². The molecule has 2 aliphatic heterocycles. The number of aliphatic hydroxyl groups is 1. The van der Waals surface area contributed by atoms with Crippen LogP contribution in [0.25, 0.3) is 11.3 Å². The zero-order chi connectivity index (χ0) is 37.9. The molecule has 5 rings (SSSR count). The highest BCUT2D eigenvalue weighted by atomic mass is 32.1. The number of thiophene rings is 1. The van der Waals surface area contributed by atoms with Crippen LogP contribution < -0.4 is 10.6 Å². The summed E-state index contributed by atoms with van der Waals surface area (Å²) in [5, 5.41) is 28.3. The lowest BCUT2D eigenvalue weighted by molar-refractivity contribution is -0.159. The van der Waals surface area contributed by atoms with Crippen molar-refractivity contribution in [3.63, 3.8) is 0 Å². The molecule has 1 fully saturated rings. The number of oxazole rings is 1. The Morgan fingerprint density at radius 1 is 1.23 bits per heavy atom. The van der Waals surface area contributed by atoms with Crippen molar-refractivity contribution < 1.29 is 37.8 Å². The maximum atomic E-state index is 14.8. The van der Waals surface area contributed by atoms with Gasteiger partial charge in [0.2, 0.25) is 11.8 Å². The molecule has 0 aromatic carbocycles. The molecule has 3 amide bonds. The van der Waals surface area contributed by atoms with Crippen molar-refractivity contribution in [1.29, 1.82) is 0 Å². The van der Waals surface area contributed by atoms with Gasteiger partial charge in [0.15, 0.2) is 11.6 Å². The lowest BCUT2D eigenvalue weighted by atomic mass is 9.89. The number of carbonyl (C=O) groups is 4. The number of aromatic nitrogens is 4. The summed E-state index contributed by atoms with van der Waals surface area (Å²) in [7, 11) is 0. The molecule has 3 N–H and O–H groups in total. The predicted molar refractivity (Wildman–Crippen MR) is 194 cm³/mol. The number of hydrogen-bond donors (Lipinski definition) is 3. The van der Waals surface area contributed by atoms with Gasteiger partial charge in [0.1, 0.15) is 30.3 Å². The van der Waals surface area contributed by atoms with Gasteiger partial charge in [-0.25, -0.2) is 14.2 Å². The van der Waals surface area contributed by atoms with Gasteiger partial charge < -0.3 is 29.8 Å². The van der Waals surface area contributed by atoms with Crippen LogP contribution in [0.1, 0.15) is 62.8 Å². The summed E-state index contributed by atoms with van der Waals surface area (Å²) in [5.74, 6) is -2.91. The highest BCUT2D eigenvalue weighted by Gasteiger charge is 2.39. The number of fused-ring (bicyclic) bond motifs is 3. The summed E-state index contributed by atoms with van der Waals surface area (Å²) in [6.07, 6.45) is 7.65. The van der Waals surface area contributed by atoms with Crippen LogP contribution in [0.2, 0.25) is 0 Å². The van der Waals surface area contributed by atoms with Crippen LogP contribution in [0.3, 0.4) is 0 Å². The van der Waals surface area contributed by atoms with Gasteiger partial charge in [-0.15, -0.1) is 5.10 Å². The molecule has 5 atom stereocenters. The minimum atomic E-state index is -1.50. The van der Waals surface area contributed by atoms with E-state index in [4.69, 9.17) is 9.15 Å². The fourth-order valence-electron chi connectivity index (χ4n) is 6.31. The third-order valence-electron chi connectivity index (χ3n) is 8.95. The first-order chi connectivity index (χ1) is 25.5. The van der Waals surface area contributed by atoms with Crippen LogP contribution in [0.15, 0.2) is 69.7 Å². The number of nitrogens with zero attached hydrogens (tertiary/aromatic N) is 5. The molecule has 2 aliphatic rings. The SMILES string of the molecule is CC1=C\C(O)CC(F)Cc2nc(co2)C(=O)N2CCCC2C(=O)OC(C(C)C)C(CC(=O)NCCn2cc(-c3ccsc3)nn2)/C=C/C(=O)NC\C=C\1. The molecule has 1 saturated heterocycles. The highest BCUT2D eigenvalue weighted by Crippen LogP contribution is 2.27. The number of aliphatic hydroxyl groups excluding tert-OH is 1. The number of halogens is 1. The molecule has 0 saturated carbocycles. The average Bonchev–Trinajstić information content (AvgIpc) is 3.94. The first-order valence-corrected chi connectivity index (χ1v) is 18.7. The maximum absolute atomic E-state index is 14.8. The molecule has 3 aromatic heterocycles. The Hall–Kier alpha value is -4.96. The number of hydrogen-bond acceptors (Lipinski definition) is 11. The number of ether oxygens (including phenoxy) is 1. The van der Waals surface area contributed by atoms with Gasteiger partial charge in [-0.3, -0.25) is 19.1 Å². The number of carbonyl (C=O) groups excluding carboxylic acids is 4. The summed E-state index contributed by atoms with van der Waals surface area (Å²) in [6, 6.07) is 1.03. The summed E-state index contributed by atoms with van der Waals surface area (Å²) in [5.41, 5.74) is 2.29. The van der Waals surface area contributed by atoms with Crippen LogP contribution in [-0.4, -0.2) is 97.7 Å². The van der Waals surface area contributed by atoms with Crippen LogP contribution in [0.5, 0.6) is 0 Å². The summed E-state index contributed by atoms with van der Waals surface area (Å²) in [6.45, 7) is 6.52. The van der Waals surface area contributed by atoms with Gasteiger partial charge >= 0.3 is 5.97 Å². The Balaban J connectivity index is 1.33. The highest BCUT2D eigenvalue weighted by molar-refractivity contribution is 7.08. The Morgan fingerprint density at radius 3 is 2.83 bits per heavy atom. The van der Waals surface area contributed by atoms with E-state index in [0.717, 1.165) is 17.5 Å². The van der Waals surface area contributed by atoms with Crippen LogP contribution in [-0.2, 0) is 32.1 Å². The van der Waals surface area contributed by atoms with Crippen molar-refractivity contribution >= 4 is 35.0 Å². The van der Waals surface area contributed by atoms with Crippen molar-refractivity contribution in [2.24, 2.45) is 11.8 Å². The van der Waals surface area contributed by atoms with Gasteiger partial charge in [-0.1, -0.05) is 48.9 Å². The van der Waals surface area contributed by atoms with E-state index in [0.29, 0.717) is 25.0 Å². The number of cyclic esters (lactones) is 1. The molecule has 0 radical (unpaired) electrons. The monoisotopic (exact) mass is 751 g/mol. The van der Waals surface area contributed by atoms with Crippen LogP contribution in [0, 0.1) is 11.8 Å². The summed E-state index contributed by atoms with van der Waals surface area (Å²) >= 11 is 1.56. The predicted octanol–water partition coefficient (Wildman–Crippen LogP) is 3.81. The topological polar surface area (TPSA) is 182 Å². The van der Waals surface area contributed by atoms with Crippen LogP contribution >= 0.6 is 11.3 Å². The molecule has 16 heteroatoms. The van der Waals surface area contributed by atoms with Crippen molar-refractivity contribution in [1.82, 2.24) is 35.5 Å². The average molecular weight is 752 g/mol. The lowest BCUT2D eigenvalue weighted by Gasteiger charge is -2.30. The fourth-order valence-corrected chi connectivity index (χ4v) is 6.96. The molecule has 2 bridgehead atoms. The Labute approximate surface area is 311 Å². The number of rotatable bonds is 7. The van der Waals surface area contributed by atoms with E-state index in [1.807, 2.05) is 30.7 Å². The zero-order valence-corrected chi connectivity index (χ0v) is 30.8. The van der Waals surface area contributed by atoms with Gasteiger partial charge in [0.25, 0.3) is 5.91 Å². The molecule has 5 heterocycles. The minimum Gasteiger partial charge on any atom is -0.460 e. The fraction of sp³-hybridized carbons (Fsp3) is 0.486. The third kappa shape index (κ3) is 11.3. The maximum Gasteiger partial charge on any atom is 0.329 e. The minimum absolute atomic E-state index is 0.00161. The van der Waals surface area contributed by atoms with Crippen LogP contribution in [0.4, 0.5) is 4.39 Å². The first-order valence-electron chi connectivity index (χ1n) is 17.7. The molecule has 284 valence electrons. The number of esters is 1. The molecular formula is C37H46FN7O7S. The Kier molecular flexibility index (Phi) is 13.8. The van der Waals surface area contributed by atoms with Crippen molar-refractivity contribution in [2.75, 3.05) is 19.6 Å². The second kappa shape index (κ2) is 18.7. The summed E-state index contributed by atoms with van der Waals surface area (Å²) < 4.78 is 27.9. The van der Waals surface area contributed by atoms with Gasteiger partial charge in [-0.2, -0.15) is 11.3 Å². The lowest BCUT2D eigenvalue weighted by Crippen LogP contribution is -2.44. The number of alkyl halides is 1. The van der Waals surface area contributed by atoms with Crippen molar-refractivity contribution in [2.45, 2.75) is 83.8 Å².